The number of amides is 1. The fourth-order valence-electron chi connectivity index (χ4n) is 2.61. The van der Waals surface area contributed by atoms with Crippen LogP contribution in [0.5, 0.6) is 0 Å². The van der Waals surface area contributed by atoms with Crippen LogP contribution in [0.4, 0.5) is 10.1 Å². The van der Waals surface area contributed by atoms with Gasteiger partial charge in [-0.05, 0) is 18.6 Å². The van der Waals surface area contributed by atoms with E-state index in [1.165, 1.54) is 6.07 Å². The van der Waals surface area contributed by atoms with Crippen molar-refractivity contribution in [3.63, 3.8) is 0 Å². The van der Waals surface area contributed by atoms with E-state index in [1.54, 1.807) is 19.2 Å². The quantitative estimate of drug-likeness (QED) is 0.778. The van der Waals surface area contributed by atoms with Gasteiger partial charge in [-0.1, -0.05) is 6.07 Å². The molecule has 0 unspecified atom stereocenters. The number of nitrogens with zero attached hydrogens (tertiary/aromatic N) is 3. The molecule has 5 nitrogen and oxygen atoms in total. The summed E-state index contributed by atoms with van der Waals surface area (Å²) in [7, 11) is 1.62. The zero-order valence-electron chi connectivity index (χ0n) is 12.7. The summed E-state index contributed by atoms with van der Waals surface area (Å²) in [6.07, 6.45) is 1.20. The summed E-state index contributed by atoms with van der Waals surface area (Å²) in [6, 6.07) is 6.56. The molecule has 1 fully saturated rings. The topological polar surface area (TPSA) is 56.6 Å². The number of rotatable bonds is 5. The van der Waals surface area contributed by atoms with Crippen LogP contribution < -0.4 is 4.90 Å². The maximum Gasteiger partial charge on any atom is 0.222 e. The third kappa shape index (κ3) is 3.74. The number of methoxy groups -OCH3 is 1. The van der Waals surface area contributed by atoms with Gasteiger partial charge in [-0.15, -0.1) is 0 Å². The second-order valence-corrected chi connectivity index (χ2v) is 5.21. The number of hydrogen-bond acceptors (Lipinski definition) is 4. The molecule has 6 heteroatoms. The average molecular weight is 305 g/mol. The van der Waals surface area contributed by atoms with Gasteiger partial charge < -0.3 is 14.5 Å². The number of carbonyl (C=O) groups is 1. The van der Waals surface area contributed by atoms with Crippen molar-refractivity contribution in [3.8, 4) is 6.07 Å². The van der Waals surface area contributed by atoms with Crippen LogP contribution in [0, 0.1) is 17.1 Å². The molecular weight excluding hydrogens is 285 g/mol. The van der Waals surface area contributed by atoms with E-state index in [1.807, 2.05) is 15.9 Å². The first-order chi connectivity index (χ1) is 10.7. The van der Waals surface area contributed by atoms with Crippen LogP contribution in [0.25, 0.3) is 0 Å². The average Bonchev–Trinajstić information content (AvgIpc) is 2.55. The number of benzene rings is 1. The Morgan fingerprint density at radius 1 is 1.36 bits per heavy atom. The van der Waals surface area contributed by atoms with Gasteiger partial charge in [0.05, 0.1) is 5.69 Å². The highest BCUT2D eigenvalue weighted by molar-refractivity contribution is 5.76. The molecule has 1 aliphatic heterocycles. The van der Waals surface area contributed by atoms with E-state index in [9.17, 15) is 9.18 Å². The minimum Gasteiger partial charge on any atom is -0.385 e. The van der Waals surface area contributed by atoms with Crippen LogP contribution >= 0.6 is 0 Å². The van der Waals surface area contributed by atoms with E-state index in [-0.39, 0.29) is 11.5 Å². The highest BCUT2D eigenvalue weighted by Gasteiger charge is 2.23. The van der Waals surface area contributed by atoms with E-state index in [0.29, 0.717) is 44.9 Å². The number of ether oxygens (including phenoxy) is 1. The van der Waals surface area contributed by atoms with Crippen molar-refractivity contribution in [2.75, 3.05) is 44.8 Å². The van der Waals surface area contributed by atoms with Crippen LogP contribution in [0.2, 0.25) is 0 Å². The molecule has 0 radical (unpaired) electrons. The van der Waals surface area contributed by atoms with Crippen molar-refractivity contribution < 1.29 is 13.9 Å². The van der Waals surface area contributed by atoms with Gasteiger partial charge in [0.1, 0.15) is 17.4 Å². The van der Waals surface area contributed by atoms with Gasteiger partial charge in [0, 0.05) is 46.3 Å². The van der Waals surface area contributed by atoms with Crippen molar-refractivity contribution >= 4 is 11.6 Å². The SMILES string of the molecule is COCCCC(=O)N1CCN(c2cccc(F)c2C#N)CC1. The van der Waals surface area contributed by atoms with E-state index >= 15 is 0 Å². The molecule has 1 saturated heterocycles. The second kappa shape index (κ2) is 7.76. The number of nitriles is 1. The fourth-order valence-corrected chi connectivity index (χ4v) is 2.61. The Morgan fingerprint density at radius 2 is 2.09 bits per heavy atom. The molecule has 1 aromatic rings. The lowest BCUT2D eigenvalue weighted by Gasteiger charge is -2.36. The largest absolute Gasteiger partial charge is 0.385 e. The number of hydrogen-bond donors (Lipinski definition) is 0. The molecule has 118 valence electrons. The molecule has 1 aromatic carbocycles. The van der Waals surface area contributed by atoms with E-state index in [4.69, 9.17) is 10.00 Å². The lowest BCUT2D eigenvalue weighted by Crippen LogP contribution is -2.49. The fraction of sp³-hybridized carbons (Fsp3) is 0.500. The summed E-state index contributed by atoms with van der Waals surface area (Å²) < 4.78 is 18.6. The van der Waals surface area contributed by atoms with Crippen LogP contribution in [0.1, 0.15) is 18.4 Å². The summed E-state index contributed by atoms with van der Waals surface area (Å²) in [4.78, 5) is 15.8. The van der Waals surface area contributed by atoms with Gasteiger partial charge in [-0.2, -0.15) is 5.26 Å². The minimum absolute atomic E-state index is 0.0716. The summed E-state index contributed by atoms with van der Waals surface area (Å²) in [6.45, 7) is 2.98. The van der Waals surface area contributed by atoms with Gasteiger partial charge in [0.15, 0.2) is 0 Å². The van der Waals surface area contributed by atoms with Gasteiger partial charge in [0.25, 0.3) is 0 Å². The van der Waals surface area contributed by atoms with Crippen LogP contribution in [0.3, 0.4) is 0 Å². The molecule has 22 heavy (non-hydrogen) atoms. The molecule has 0 N–H and O–H groups in total. The molecule has 1 amide bonds. The minimum atomic E-state index is -0.502. The molecular formula is C16H20FN3O2. The smallest absolute Gasteiger partial charge is 0.222 e. The van der Waals surface area contributed by atoms with Crippen LogP contribution in [-0.4, -0.2) is 50.7 Å². The van der Waals surface area contributed by atoms with E-state index in [2.05, 4.69) is 0 Å². The molecule has 2 rings (SSSR count). The normalized spacial score (nSPS) is 14.8. The summed E-state index contributed by atoms with van der Waals surface area (Å²) in [5.74, 6) is -0.380. The first-order valence-electron chi connectivity index (χ1n) is 7.37. The van der Waals surface area contributed by atoms with Gasteiger partial charge in [0.2, 0.25) is 5.91 Å². The van der Waals surface area contributed by atoms with E-state index < -0.39 is 5.82 Å². The standard InChI is InChI=1S/C16H20FN3O2/c1-22-11-3-6-16(21)20-9-7-19(8-10-20)15-5-2-4-14(17)13(15)12-18/h2,4-5H,3,6-11H2,1H3. The number of carbonyl (C=O) groups excluding carboxylic acids is 1. The van der Waals surface area contributed by atoms with Crippen molar-refractivity contribution in [2.24, 2.45) is 0 Å². The Morgan fingerprint density at radius 3 is 2.73 bits per heavy atom. The lowest BCUT2D eigenvalue weighted by molar-refractivity contribution is -0.131. The van der Waals surface area contributed by atoms with E-state index in [0.717, 1.165) is 6.42 Å². The third-order valence-electron chi connectivity index (χ3n) is 3.82. The summed E-state index contributed by atoms with van der Waals surface area (Å²) >= 11 is 0. The van der Waals surface area contributed by atoms with Crippen LogP contribution in [-0.2, 0) is 9.53 Å². The Bertz CT molecular complexity index is 563. The molecule has 0 atom stereocenters. The van der Waals surface area contributed by atoms with Gasteiger partial charge >= 0.3 is 0 Å². The molecule has 1 heterocycles. The molecule has 0 spiro atoms. The zero-order chi connectivity index (χ0) is 15.9. The van der Waals surface area contributed by atoms with Crippen LogP contribution in [0.15, 0.2) is 18.2 Å². The molecule has 0 aromatic heterocycles. The predicted octanol–water partition coefficient (Wildman–Crippen LogP) is 1.77. The van der Waals surface area contributed by atoms with Crippen molar-refractivity contribution in [1.82, 2.24) is 4.90 Å². The Balaban J connectivity index is 1.94. The lowest BCUT2D eigenvalue weighted by atomic mass is 10.1. The molecule has 0 aliphatic carbocycles. The Hall–Kier alpha value is -2.13. The maximum absolute atomic E-state index is 13.7. The highest BCUT2D eigenvalue weighted by atomic mass is 19.1. The first-order valence-corrected chi connectivity index (χ1v) is 7.37. The monoisotopic (exact) mass is 305 g/mol. The molecule has 0 bridgehead atoms. The van der Waals surface area contributed by atoms with Crippen molar-refractivity contribution in [3.05, 3.63) is 29.6 Å². The number of piperazine rings is 1. The van der Waals surface area contributed by atoms with Gasteiger partial charge in [-0.3, -0.25) is 4.79 Å². The second-order valence-electron chi connectivity index (χ2n) is 5.21. The number of anilines is 1. The molecule has 1 aliphatic rings. The first kappa shape index (κ1) is 16.2. The number of halogens is 1. The van der Waals surface area contributed by atoms with Crippen molar-refractivity contribution in [1.29, 1.82) is 5.26 Å². The summed E-state index contributed by atoms with van der Waals surface area (Å²) in [5.41, 5.74) is 0.677. The Kier molecular flexibility index (Phi) is 5.73. The van der Waals surface area contributed by atoms with Crippen molar-refractivity contribution in [2.45, 2.75) is 12.8 Å². The predicted molar refractivity (Wildman–Crippen MR) is 81.0 cm³/mol. The maximum atomic E-state index is 13.7. The zero-order valence-corrected chi connectivity index (χ0v) is 12.7. The Labute approximate surface area is 129 Å². The van der Waals surface area contributed by atoms with Gasteiger partial charge in [-0.25, -0.2) is 4.39 Å². The highest BCUT2D eigenvalue weighted by Crippen LogP contribution is 2.23. The summed E-state index contributed by atoms with van der Waals surface area (Å²) in [5, 5.41) is 9.10. The third-order valence-corrected chi connectivity index (χ3v) is 3.82. The molecule has 0 saturated carbocycles.